The maximum Gasteiger partial charge on any atom is 0.451 e. The van der Waals surface area contributed by atoms with E-state index in [9.17, 15) is 23.2 Å². The van der Waals surface area contributed by atoms with Crippen molar-refractivity contribution in [1.29, 1.82) is 5.26 Å². The summed E-state index contributed by atoms with van der Waals surface area (Å²) >= 11 is 1.44. The first-order valence-electron chi connectivity index (χ1n) is 10.8. The lowest BCUT2D eigenvalue weighted by Crippen LogP contribution is -2.41. The van der Waals surface area contributed by atoms with Crippen LogP contribution in [0.1, 0.15) is 36.7 Å². The number of hydrogen-bond donors (Lipinski definition) is 1. The lowest BCUT2D eigenvalue weighted by molar-refractivity contribution is -0.145. The minimum absolute atomic E-state index is 0.101. The number of pyridine rings is 1. The van der Waals surface area contributed by atoms with Gasteiger partial charge in [0, 0.05) is 36.7 Å². The molecule has 1 aliphatic rings. The number of amides is 1. The van der Waals surface area contributed by atoms with Gasteiger partial charge >= 0.3 is 6.18 Å². The Morgan fingerprint density at radius 1 is 1.17 bits per heavy atom. The molecule has 0 unspecified atom stereocenters. The Morgan fingerprint density at radius 3 is 2.60 bits per heavy atom. The fourth-order valence-corrected chi connectivity index (χ4v) is 4.90. The van der Waals surface area contributed by atoms with Crippen molar-refractivity contribution in [3.8, 4) is 17.2 Å². The number of nitrogens with zero attached hydrogens (tertiary/aromatic N) is 5. The molecule has 1 aliphatic heterocycles. The first-order chi connectivity index (χ1) is 16.8. The van der Waals surface area contributed by atoms with Crippen LogP contribution in [0, 0.1) is 11.3 Å². The number of nitrogens with one attached hydrogen (secondary N) is 1. The summed E-state index contributed by atoms with van der Waals surface area (Å²) in [5.74, 6) is -1.38. The topological polar surface area (TPSA) is 94.8 Å². The number of carbonyl (C=O) groups is 1. The average molecular weight is 499 g/mol. The smallest absolute Gasteiger partial charge is 0.351 e. The van der Waals surface area contributed by atoms with Crippen molar-refractivity contribution in [2.75, 3.05) is 0 Å². The van der Waals surface area contributed by atoms with Crippen LogP contribution in [0.3, 0.4) is 0 Å². The fraction of sp³-hybridized carbons (Fsp3) is 0.292. The van der Waals surface area contributed by atoms with Crippen molar-refractivity contribution in [1.82, 2.24) is 24.6 Å². The molecule has 7 nitrogen and oxygen atoms in total. The molecule has 1 N–H and O–H groups in total. The number of halogens is 3. The van der Waals surface area contributed by atoms with E-state index in [1.165, 1.54) is 11.9 Å². The summed E-state index contributed by atoms with van der Waals surface area (Å²) in [6.45, 7) is 2.16. The number of rotatable bonds is 6. The summed E-state index contributed by atoms with van der Waals surface area (Å²) in [6.07, 6.45) is 0.819. The molecule has 11 heteroatoms. The van der Waals surface area contributed by atoms with Gasteiger partial charge in [-0.1, -0.05) is 12.1 Å². The maximum absolute atomic E-state index is 13.1. The zero-order chi connectivity index (χ0) is 25.0. The van der Waals surface area contributed by atoms with E-state index in [-0.39, 0.29) is 24.5 Å². The normalized spacial score (nSPS) is 18.3. The minimum atomic E-state index is -4.63. The maximum atomic E-state index is 13.1. The molecule has 3 heterocycles. The second kappa shape index (κ2) is 10.4. The molecule has 0 spiro atoms. The van der Waals surface area contributed by atoms with Crippen molar-refractivity contribution >= 4 is 17.9 Å². The highest BCUT2D eigenvalue weighted by Gasteiger charge is 2.37. The van der Waals surface area contributed by atoms with Crippen LogP contribution in [0.5, 0.6) is 0 Å². The Morgan fingerprint density at radius 2 is 1.94 bits per heavy atom. The molecule has 0 bridgehead atoms. The molecule has 35 heavy (non-hydrogen) atoms. The van der Waals surface area contributed by atoms with Crippen LogP contribution in [-0.4, -0.2) is 37.2 Å². The predicted octanol–water partition coefficient (Wildman–Crippen LogP) is 4.61. The Hall–Kier alpha value is -3.49. The van der Waals surface area contributed by atoms with Gasteiger partial charge in [0.1, 0.15) is 5.03 Å². The highest BCUT2D eigenvalue weighted by atomic mass is 32.2. The second-order valence-electron chi connectivity index (χ2n) is 8.06. The molecule has 1 saturated heterocycles. The van der Waals surface area contributed by atoms with Crippen LogP contribution < -0.4 is 5.32 Å². The molecule has 180 valence electrons. The van der Waals surface area contributed by atoms with Gasteiger partial charge in [-0.05, 0) is 67.1 Å². The van der Waals surface area contributed by atoms with Crippen molar-refractivity contribution in [2.45, 2.75) is 49.6 Å². The highest BCUT2D eigenvalue weighted by Crippen LogP contribution is 2.34. The van der Waals surface area contributed by atoms with Gasteiger partial charge in [-0.15, -0.1) is 0 Å². The Bertz CT molecular complexity index is 1230. The molecule has 0 aliphatic carbocycles. The summed E-state index contributed by atoms with van der Waals surface area (Å²) in [5, 5.41) is 13.2. The molecule has 4 rings (SSSR count). The largest absolute Gasteiger partial charge is 0.451 e. The number of hydrogen-bond acceptors (Lipinski definition) is 7. The third-order valence-electron chi connectivity index (χ3n) is 5.66. The number of nitriles is 1. The molecular weight excluding hydrogens is 477 g/mol. The van der Waals surface area contributed by atoms with E-state index >= 15 is 0 Å². The van der Waals surface area contributed by atoms with E-state index in [0.717, 1.165) is 23.8 Å². The van der Waals surface area contributed by atoms with Gasteiger partial charge in [0.15, 0.2) is 0 Å². The van der Waals surface area contributed by atoms with E-state index in [4.69, 9.17) is 0 Å². The van der Waals surface area contributed by atoms with Gasteiger partial charge in [0.2, 0.25) is 11.7 Å². The molecule has 0 saturated carbocycles. The van der Waals surface area contributed by atoms with Crippen LogP contribution >= 0.6 is 11.9 Å². The second-order valence-corrected chi connectivity index (χ2v) is 9.08. The Balaban J connectivity index is 1.48. The van der Waals surface area contributed by atoms with Crippen LogP contribution in [-0.2, 0) is 17.5 Å². The number of benzene rings is 1. The quantitative estimate of drug-likeness (QED) is 0.496. The fourth-order valence-electron chi connectivity index (χ4n) is 3.82. The van der Waals surface area contributed by atoms with Crippen molar-refractivity contribution in [3.63, 3.8) is 0 Å². The summed E-state index contributed by atoms with van der Waals surface area (Å²) in [6, 6.07) is 12.4. The molecule has 2 aromatic heterocycles. The van der Waals surface area contributed by atoms with Gasteiger partial charge in [0.05, 0.1) is 17.7 Å². The van der Waals surface area contributed by atoms with E-state index in [1.54, 1.807) is 24.4 Å². The predicted molar refractivity (Wildman–Crippen MR) is 123 cm³/mol. The first-order valence-corrected chi connectivity index (χ1v) is 11.6. The SMILES string of the molecule is C[C@H]1CC[C@@H](C(=O)NCc2cc(-c3cnc(C(F)(F)F)nc3)ccc2C#N)N1Sc1ccccn1. The molecule has 1 amide bonds. The van der Waals surface area contributed by atoms with Crippen LogP contribution in [0.25, 0.3) is 11.1 Å². The minimum Gasteiger partial charge on any atom is -0.351 e. The monoisotopic (exact) mass is 498 g/mol. The third-order valence-corrected chi connectivity index (χ3v) is 6.91. The zero-order valence-corrected chi connectivity index (χ0v) is 19.5. The third kappa shape index (κ3) is 5.78. The molecule has 0 radical (unpaired) electrons. The van der Waals surface area contributed by atoms with Gasteiger partial charge < -0.3 is 5.32 Å². The summed E-state index contributed by atoms with van der Waals surface area (Å²) in [4.78, 5) is 24.2. The van der Waals surface area contributed by atoms with Crippen molar-refractivity contribution < 1.29 is 18.0 Å². The summed E-state index contributed by atoms with van der Waals surface area (Å²) < 4.78 is 40.3. The van der Waals surface area contributed by atoms with E-state index in [0.29, 0.717) is 28.7 Å². The summed E-state index contributed by atoms with van der Waals surface area (Å²) in [7, 11) is 0. The lowest BCUT2D eigenvalue weighted by atomic mass is 10.0. The average Bonchev–Trinajstić information content (AvgIpc) is 3.22. The van der Waals surface area contributed by atoms with E-state index < -0.39 is 12.0 Å². The molecule has 2 atom stereocenters. The van der Waals surface area contributed by atoms with Gasteiger partial charge in [0.25, 0.3) is 0 Å². The highest BCUT2D eigenvalue weighted by molar-refractivity contribution is 7.97. The van der Waals surface area contributed by atoms with E-state index in [1.807, 2.05) is 22.5 Å². The first kappa shape index (κ1) is 24.6. The Labute approximate surface area is 204 Å². The molecular formula is C24H21F3N6OS. The van der Waals surface area contributed by atoms with Gasteiger partial charge in [-0.2, -0.15) is 18.4 Å². The number of alkyl halides is 3. The molecule has 1 aromatic carbocycles. The van der Waals surface area contributed by atoms with Crippen LogP contribution in [0.2, 0.25) is 0 Å². The molecule has 3 aromatic rings. The Kier molecular flexibility index (Phi) is 7.33. The number of aromatic nitrogens is 3. The van der Waals surface area contributed by atoms with Crippen molar-refractivity contribution in [3.05, 3.63) is 71.9 Å². The van der Waals surface area contributed by atoms with Crippen molar-refractivity contribution in [2.24, 2.45) is 0 Å². The standard InChI is InChI=1S/C24H21F3N6OS/c1-15-5-8-20(33(15)35-21-4-2-3-9-29-21)22(34)30-12-18-10-16(6-7-17(18)11-28)19-13-31-23(32-14-19)24(25,26)27/h2-4,6-7,9-10,13-15,20H,5,8,12H2,1H3,(H,30,34)/t15-,20-/m0/s1. The zero-order valence-electron chi connectivity index (χ0n) is 18.7. The van der Waals surface area contributed by atoms with Crippen LogP contribution in [0.15, 0.2) is 60.0 Å². The van der Waals surface area contributed by atoms with Crippen LogP contribution in [0.4, 0.5) is 13.2 Å². The summed E-state index contributed by atoms with van der Waals surface area (Å²) in [5.41, 5.74) is 1.83. The molecule has 1 fully saturated rings. The van der Waals surface area contributed by atoms with Gasteiger partial charge in [-0.3, -0.25) is 4.79 Å². The lowest BCUT2D eigenvalue weighted by Gasteiger charge is -2.25. The van der Waals surface area contributed by atoms with Gasteiger partial charge in [-0.25, -0.2) is 19.3 Å². The number of carbonyl (C=O) groups excluding carboxylic acids is 1. The van der Waals surface area contributed by atoms with E-state index in [2.05, 4.69) is 33.3 Å².